The van der Waals surface area contributed by atoms with Gasteiger partial charge in [-0.3, -0.25) is 0 Å². The van der Waals surface area contributed by atoms with Gasteiger partial charge >= 0.3 is 153 Å². The number of benzene rings is 1. The van der Waals surface area contributed by atoms with E-state index in [1.807, 2.05) is 0 Å². The third-order valence-electron chi connectivity index (χ3n) is 2.50. The van der Waals surface area contributed by atoms with Crippen LogP contribution in [0.25, 0.3) is 0 Å². The van der Waals surface area contributed by atoms with Gasteiger partial charge in [0, 0.05) is 0 Å². The van der Waals surface area contributed by atoms with E-state index in [1.165, 1.54) is 0 Å². The predicted molar refractivity (Wildman–Crippen MR) is 68.3 cm³/mol. The van der Waals surface area contributed by atoms with Crippen LogP contribution in [0.2, 0.25) is 0 Å². The summed E-state index contributed by atoms with van der Waals surface area (Å²) in [6, 6.07) is 4.00. The van der Waals surface area contributed by atoms with Crippen molar-refractivity contribution < 1.29 is 63.1 Å². The first-order valence-electron chi connectivity index (χ1n) is 6.45. The van der Waals surface area contributed by atoms with E-state index in [0.29, 0.717) is 12.1 Å². The van der Waals surface area contributed by atoms with E-state index in [9.17, 15) is 53.9 Å². The Morgan fingerprint density at radius 1 is 0.607 bits per heavy atom. The second kappa shape index (κ2) is 8.04. The van der Waals surface area contributed by atoms with Crippen LogP contribution in [0, 0.1) is 0 Å². The fourth-order valence-corrected chi connectivity index (χ4v) is 7.58. The van der Waals surface area contributed by atoms with Crippen molar-refractivity contribution in [1.82, 2.24) is 0 Å². The van der Waals surface area contributed by atoms with Crippen LogP contribution >= 0.6 is 0 Å². The molecule has 0 saturated carbocycles. The van der Waals surface area contributed by atoms with Crippen LogP contribution in [0.4, 0.5) is 39.5 Å². The molecule has 0 aliphatic heterocycles. The molecule has 0 unspecified atom stereocenters. The summed E-state index contributed by atoms with van der Waals surface area (Å²) in [4.78, 5) is 33.2. The molecule has 0 saturated heterocycles. The Morgan fingerprint density at radius 2 is 0.893 bits per heavy atom. The molecule has 28 heavy (non-hydrogen) atoms. The molecular formula is C12H5F9O6Sn. The van der Waals surface area contributed by atoms with E-state index in [-0.39, 0.29) is 0 Å². The number of halogens is 9. The van der Waals surface area contributed by atoms with E-state index in [1.54, 1.807) is 0 Å². The third-order valence-corrected chi connectivity index (χ3v) is 9.36. The fourth-order valence-electron chi connectivity index (χ4n) is 1.42. The van der Waals surface area contributed by atoms with Gasteiger partial charge in [0.1, 0.15) is 0 Å². The Bertz CT molecular complexity index is 671. The summed E-state index contributed by atoms with van der Waals surface area (Å²) in [6.45, 7) is 0. The summed E-state index contributed by atoms with van der Waals surface area (Å²) in [6.07, 6.45) is -17.8. The molecular weight excluding hydrogens is 530 g/mol. The average Bonchev–Trinajstić information content (AvgIpc) is 2.52. The molecule has 6 nitrogen and oxygen atoms in total. The first-order valence-corrected chi connectivity index (χ1v) is 11.4. The zero-order valence-electron chi connectivity index (χ0n) is 12.7. The molecule has 0 atom stereocenters. The van der Waals surface area contributed by atoms with Gasteiger partial charge in [0.2, 0.25) is 0 Å². The first kappa shape index (κ1) is 23.8. The van der Waals surface area contributed by atoms with Crippen molar-refractivity contribution in [1.29, 1.82) is 0 Å². The predicted octanol–water partition coefficient (Wildman–Crippen LogP) is 2.15. The van der Waals surface area contributed by atoms with Gasteiger partial charge in [-0.1, -0.05) is 0 Å². The molecule has 1 aromatic carbocycles. The van der Waals surface area contributed by atoms with Crippen LogP contribution in [0.5, 0.6) is 0 Å². The molecule has 0 aliphatic carbocycles. The molecule has 0 heterocycles. The zero-order valence-corrected chi connectivity index (χ0v) is 15.6. The van der Waals surface area contributed by atoms with Crippen molar-refractivity contribution in [3.8, 4) is 0 Å². The number of alkyl halides is 9. The molecule has 0 spiro atoms. The number of rotatable bonds is 4. The summed E-state index contributed by atoms with van der Waals surface area (Å²) in [5.74, 6) is -9.97. The third kappa shape index (κ3) is 6.16. The molecule has 0 aromatic heterocycles. The van der Waals surface area contributed by atoms with E-state index >= 15 is 0 Å². The van der Waals surface area contributed by atoms with Gasteiger partial charge in [-0.15, -0.1) is 0 Å². The Hall–Kier alpha value is -2.20. The molecule has 156 valence electrons. The number of carbonyl (C=O) groups is 3. The molecule has 1 aromatic rings. The van der Waals surface area contributed by atoms with Gasteiger partial charge in [0.05, 0.1) is 0 Å². The molecule has 1 rings (SSSR count). The van der Waals surface area contributed by atoms with Gasteiger partial charge < -0.3 is 0 Å². The number of hydrogen-bond donors (Lipinski definition) is 0. The summed E-state index contributed by atoms with van der Waals surface area (Å²) < 4.78 is 122. The van der Waals surface area contributed by atoms with Crippen LogP contribution in [-0.4, -0.2) is 56.1 Å². The molecule has 0 radical (unpaired) electrons. The first-order chi connectivity index (χ1) is 12.5. The van der Waals surface area contributed by atoms with Crippen molar-refractivity contribution in [2.24, 2.45) is 0 Å². The summed E-state index contributed by atoms with van der Waals surface area (Å²) in [7, 11) is 0. The van der Waals surface area contributed by atoms with Gasteiger partial charge in [-0.25, -0.2) is 0 Å². The quantitative estimate of drug-likeness (QED) is 0.435. The van der Waals surface area contributed by atoms with Gasteiger partial charge in [0.25, 0.3) is 0 Å². The van der Waals surface area contributed by atoms with Crippen molar-refractivity contribution >= 4 is 41.1 Å². The molecule has 0 amide bonds. The Kier molecular flexibility index (Phi) is 6.84. The molecule has 16 heteroatoms. The van der Waals surface area contributed by atoms with Crippen LogP contribution in [-0.2, 0) is 23.6 Å². The van der Waals surface area contributed by atoms with Crippen LogP contribution in [0.3, 0.4) is 0 Å². The van der Waals surface area contributed by atoms with Gasteiger partial charge in [-0.2, -0.15) is 0 Å². The Labute approximate surface area is 153 Å². The Morgan fingerprint density at radius 3 is 1.14 bits per heavy atom. The van der Waals surface area contributed by atoms with E-state index in [2.05, 4.69) is 9.22 Å². The maximum atomic E-state index is 12.5. The standard InChI is InChI=1S/C6H5.3C2HF3O2.Sn/c1-2-4-6-5-3-1;3*3-2(4,5)1(6)7;/h1-5H;3*(H,6,7);/q;;;;+3/p-3. The minimum atomic E-state index is -7.38. The van der Waals surface area contributed by atoms with Crippen molar-refractivity contribution in [3.05, 3.63) is 30.3 Å². The zero-order chi connectivity index (χ0) is 22.0. The van der Waals surface area contributed by atoms with E-state index in [0.717, 1.165) is 18.2 Å². The van der Waals surface area contributed by atoms with Crippen molar-refractivity contribution in [2.75, 3.05) is 0 Å². The minimum absolute atomic E-state index is 0.563. The topological polar surface area (TPSA) is 78.9 Å². The molecule has 0 aliphatic rings. The SMILES string of the molecule is O=C([O][Sn]([O]C(=O)C(F)(F)F)([O]C(=O)C(F)(F)F)[c]1ccccc1)C(F)(F)F. The maximum absolute atomic E-state index is 12.5. The normalized spacial score (nSPS) is 12.9. The van der Waals surface area contributed by atoms with E-state index in [4.69, 9.17) is 0 Å². The Balaban J connectivity index is 3.58. The van der Waals surface area contributed by atoms with Crippen LogP contribution in [0.1, 0.15) is 0 Å². The molecule has 0 bridgehead atoms. The molecule has 0 N–H and O–H groups in total. The van der Waals surface area contributed by atoms with Crippen LogP contribution < -0.4 is 3.58 Å². The monoisotopic (exact) mass is 536 g/mol. The number of carbonyl (C=O) groups excluding carboxylic acids is 3. The molecule has 0 fully saturated rings. The second-order valence-corrected chi connectivity index (χ2v) is 11.2. The van der Waals surface area contributed by atoms with Crippen molar-refractivity contribution in [2.45, 2.75) is 18.5 Å². The summed E-state index contributed by atoms with van der Waals surface area (Å²) >= 11 is -7.38. The van der Waals surface area contributed by atoms with Crippen LogP contribution in [0.15, 0.2) is 30.3 Å². The fraction of sp³-hybridized carbons (Fsp3) is 0.250. The summed E-state index contributed by atoms with van der Waals surface area (Å²) in [5.41, 5.74) is 0. The second-order valence-electron chi connectivity index (χ2n) is 4.58. The van der Waals surface area contributed by atoms with Crippen molar-refractivity contribution in [3.63, 3.8) is 0 Å². The van der Waals surface area contributed by atoms with E-state index < -0.39 is 59.6 Å². The number of hydrogen-bond acceptors (Lipinski definition) is 6. The van der Waals surface area contributed by atoms with Gasteiger partial charge in [0.15, 0.2) is 0 Å². The van der Waals surface area contributed by atoms with Gasteiger partial charge in [-0.05, 0) is 0 Å². The summed E-state index contributed by atoms with van der Waals surface area (Å²) in [5, 5.41) is 0. The average molecular weight is 535 g/mol.